The predicted molar refractivity (Wildman–Crippen MR) is 57.9 cm³/mol. The minimum absolute atomic E-state index is 0.116. The number of thiophene rings is 1. The first-order valence-corrected chi connectivity index (χ1v) is 5.70. The lowest BCUT2D eigenvalue weighted by atomic mass is 10.2. The summed E-state index contributed by atoms with van der Waals surface area (Å²) < 4.78 is 40.4. The summed E-state index contributed by atoms with van der Waals surface area (Å²) in [5, 5.41) is 0. The number of alkyl halides is 3. The van der Waals surface area contributed by atoms with Gasteiger partial charge in [0, 0.05) is 10.9 Å². The maximum absolute atomic E-state index is 11.8. The van der Waals surface area contributed by atoms with Crippen molar-refractivity contribution in [2.45, 2.75) is 18.6 Å². The molecule has 92 valence electrons. The number of nitrogens with two attached hydrogens (primary N) is 1. The standard InChI is InChI=1S/C9H11ClF3NOS/c10-8-2-1-7(16-8)3-6(14)4-15-5-9(11,12)13/h1-2,6H,3-5,14H2. The fraction of sp³-hybridized carbons (Fsp3) is 0.556. The van der Waals surface area contributed by atoms with Crippen molar-refractivity contribution in [1.29, 1.82) is 0 Å². The molecule has 0 aliphatic heterocycles. The molecule has 2 N–H and O–H groups in total. The van der Waals surface area contributed by atoms with Crippen molar-refractivity contribution in [3.8, 4) is 0 Å². The molecule has 0 saturated heterocycles. The van der Waals surface area contributed by atoms with Crippen LogP contribution in [-0.4, -0.2) is 25.4 Å². The molecule has 1 atom stereocenters. The third-order valence-corrected chi connectivity index (χ3v) is 2.94. The molecular weight excluding hydrogens is 263 g/mol. The Kier molecular flexibility index (Phi) is 5.04. The molecule has 7 heteroatoms. The van der Waals surface area contributed by atoms with E-state index in [1.807, 2.05) is 0 Å². The molecule has 1 aromatic heterocycles. The number of hydrogen-bond acceptors (Lipinski definition) is 3. The van der Waals surface area contributed by atoms with E-state index in [9.17, 15) is 13.2 Å². The van der Waals surface area contributed by atoms with Crippen molar-refractivity contribution in [2.75, 3.05) is 13.2 Å². The van der Waals surface area contributed by atoms with Crippen molar-refractivity contribution < 1.29 is 17.9 Å². The van der Waals surface area contributed by atoms with Crippen LogP contribution in [0.25, 0.3) is 0 Å². The first-order chi connectivity index (χ1) is 7.37. The number of halogens is 4. The lowest BCUT2D eigenvalue weighted by molar-refractivity contribution is -0.174. The summed E-state index contributed by atoms with van der Waals surface area (Å²) in [5.74, 6) is 0. The second-order valence-corrected chi connectivity index (χ2v) is 5.10. The van der Waals surface area contributed by atoms with Crippen LogP contribution in [0.4, 0.5) is 13.2 Å². The van der Waals surface area contributed by atoms with Gasteiger partial charge in [0.25, 0.3) is 0 Å². The summed E-state index contributed by atoms with van der Waals surface area (Å²) in [5.41, 5.74) is 5.62. The second-order valence-electron chi connectivity index (χ2n) is 3.30. The normalized spacial score (nSPS) is 14.1. The van der Waals surface area contributed by atoms with Crippen LogP contribution in [0.1, 0.15) is 4.88 Å². The predicted octanol–water partition coefficient (Wildman–Crippen LogP) is 2.85. The van der Waals surface area contributed by atoms with E-state index in [0.717, 1.165) is 4.88 Å². The van der Waals surface area contributed by atoms with E-state index < -0.39 is 18.8 Å². The van der Waals surface area contributed by atoms with Crippen molar-refractivity contribution >= 4 is 22.9 Å². The number of ether oxygens (including phenoxy) is 1. The summed E-state index contributed by atoms with van der Waals surface area (Å²) in [6.45, 7) is -1.37. The molecule has 1 rings (SSSR count). The maximum Gasteiger partial charge on any atom is 0.411 e. The van der Waals surface area contributed by atoms with Gasteiger partial charge in [0.15, 0.2) is 0 Å². The van der Waals surface area contributed by atoms with Crippen LogP contribution in [0.15, 0.2) is 12.1 Å². The zero-order valence-electron chi connectivity index (χ0n) is 8.26. The van der Waals surface area contributed by atoms with Gasteiger partial charge in [-0.3, -0.25) is 0 Å². The van der Waals surface area contributed by atoms with Gasteiger partial charge in [-0.05, 0) is 18.6 Å². The number of hydrogen-bond donors (Lipinski definition) is 1. The van der Waals surface area contributed by atoms with E-state index in [2.05, 4.69) is 4.74 Å². The molecule has 0 spiro atoms. The summed E-state index contributed by atoms with van der Waals surface area (Å²) in [4.78, 5) is 0.938. The summed E-state index contributed by atoms with van der Waals surface area (Å²) in [7, 11) is 0. The molecule has 16 heavy (non-hydrogen) atoms. The Labute approximate surface area is 100 Å². The molecule has 0 aromatic carbocycles. The van der Waals surface area contributed by atoms with E-state index in [1.165, 1.54) is 11.3 Å². The van der Waals surface area contributed by atoms with Crippen LogP contribution < -0.4 is 5.73 Å². The van der Waals surface area contributed by atoms with Crippen LogP contribution in [-0.2, 0) is 11.2 Å². The molecule has 0 saturated carbocycles. The van der Waals surface area contributed by atoms with E-state index in [-0.39, 0.29) is 6.61 Å². The van der Waals surface area contributed by atoms with Gasteiger partial charge in [-0.1, -0.05) is 11.6 Å². The van der Waals surface area contributed by atoms with E-state index in [4.69, 9.17) is 17.3 Å². The van der Waals surface area contributed by atoms with Gasteiger partial charge >= 0.3 is 6.18 Å². The molecule has 0 aliphatic rings. The van der Waals surface area contributed by atoms with Crippen molar-refractivity contribution in [2.24, 2.45) is 5.73 Å². The van der Waals surface area contributed by atoms with Crippen molar-refractivity contribution in [1.82, 2.24) is 0 Å². The lowest BCUT2D eigenvalue weighted by Gasteiger charge is -2.12. The zero-order valence-corrected chi connectivity index (χ0v) is 9.83. The Morgan fingerprint density at radius 1 is 1.44 bits per heavy atom. The molecule has 0 radical (unpaired) electrons. The van der Waals surface area contributed by atoms with Crippen LogP contribution >= 0.6 is 22.9 Å². The molecule has 1 unspecified atom stereocenters. The van der Waals surface area contributed by atoms with Gasteiger partial charge in [0.05, 0.1) is 10.9 Å². The molecule has 0 bridgehead atoms. The SMILES string of the molecule is NC(COCC(F)(F)F)Cc1ccc(Cl)s1. The van der Waals surface area contributed by atoms with Gasteiger partial charge in [0.2, 0.25) is 0 Å². The highest BCUT2D eigenvalue weighted by Crippen LogP contribution is 2.22. The van der Waals surface area contributed by atoms with Gasteiger partial charge in [0.1, 0.15) is 6.61 Å². The van der Waals surface area contributed by atoms with E-state index >= 15 is 0 Å². The van der Waals surface area contributed by atoms with E-state index in [0.29, 0.717) is 10.8 Å². The molecule has 1 heterocycles. The smallest absolute Gasteiger partial charge is 0.370 e. The minimum Gasteiger partial charge on any atom is -0.370 e. The highest BCUT2D eigenvalue weighted by molar-refractivity contribution is 7.16. The van der Waals surface area contributed by atoms with E-state index in [1.54, 1.807) is 12.1 Å². The van der Waals surface area contributed by atoms with Crippen molar-refractivity contribution in [3.05, 3.63) is 21.3 Å². The van der Waals surface area contributed by atoms with Crippen LogP contribution in [0, 0.1) is 0 Å². The third kappa shape index (κ3) is 5.69. The highest BCUT2D eigenvalue weighted by Gasteiger charge is 2.27. The number of rotatable bonds is 5. The second kappa shape index (κ2) is 5.86. The average molecular weight is 274 g/mol. The van der Waals surface area contributed by atoms with Crippen molar-refractivity contribution in [3.63, 3.8) is 0 Å². The Bertz CT molecular complexity index is 329. The minimum atomic E-state index is -4.30. The fourth-order valence-corrected chi connectivity index (χ4v) is 2.29. The third-order valence-electron chi connectivity index (χ3n) is 1.69. The van der Waals surface area contributed by atoms with Crippen LogP contribution in [0.2, 0.25) is 4.34 Å². The molecule has 1 aromatic rings. The largest absolute Gasteiger partial charge is 0.411 e. The molecular formula is C9H11ClF3NOS. The Balaban J connectivity index is 2.23. The Morgan fingerprint density at radius 2 is 2.12 bits per heavy atom. The van der Waals surface area contributed by atoms with Crippen LogP contribution in [0.5, 0.6) is 0 Å². The highest BCUT2D eigenvalue weighted by atomic mass is 35.5. The molecule has 0 fully saturated rings. The maximum atomic E-state index is 11.8. The monoisotopic (exact) mass is 273 g/mol. The molecule has 0 amide bonds. The summed E-state index contributed by atoms with van der Waals surface area (Å²) in [6.07, 6.45) is -3.83. The summed E-state index contributed by atoms with van der Waals surface area (Å²) in [6, 6.07) is 3.08. The first kappa shape index (κ1) is 13.8. The fourth-order valence-electron chi connectivity index (χ4n) is 1.10. The Morgan fingerprint density at radius 3 is 2.62 bits per heavy atom. The zero-order chi connectivity index (χ0) is 12.2. The Hall–Kier alpha value is -0.300. The van der Waals surface area contributed by atoms with Gasteiger partial charge in [-0.2, -0.15) is 13.2 Å². The average Bonchev–Trinajstić information content (AvgIpc) is 2.48. The topological polar surface area (TPSA) is 35.2 Å². The van der Waals surface area contributed by atoms with Crippen LogP contribution in [0.3, 0.4) is 0 Å². The first-order valence-electron chi connectivity index (χ1n) is 4.51. The van der Waals surface area contributed by atoms with Gasteiger partial charge in [-0.25, -0.2) is 0 Å². The van der Waals surface area contributed by atoms with Gasteiger partial charge in [-0.15, -0.1) is 11.3 Å². The lowest BCUT2D eigenvalue weighted by Crippen LogP contribution is -2.30. The molecule has 2 nitrogen and oxygen atoms in total. The quantitative estimate of drug-likeness (QED) is 0.895. The van der Waals surface area contributed by atoms with Gasteiger partial charge < -0.3 is 10.5 Å². The molecule has 0 aliphatic carbocycles. The summed E-state index contributed by atoms with van der Waals surface area (Å²) >= 11 is 7.07.